The van der Waals surface area contributed by atoms with Crippen LogP contribution in [0, 0.1) is 23.0 Å². The Kier molecular flexibility index (Phi) is 4.02. The molecule has 2 nitrogen and oxygen atoms in total. The van der Waals surface area contributed by atoms with Crippen LogP contribution in [-0.2, 0) is 0 Å². The minimum Gasteiger partial charge on any atom is -0.289 e. The number of nitrogens with zero attached hydrogens (tertiary/aromatic N) is 1. The number of hydrogen-bond donors (Lipinski definition) is 0. The molecule has 0 spiro atoms. The summed E-state index contributed by atoms with van der Waals surface area (Å²) in [5.41, 5.74) is 1.34. The van der Waals surface area contributed by atoms with E-state index in [0.29, 0.717) is 5.56 Å². The second kappa shape index (κ2) is 5.89. The SMILES string of the molecule is N#Cc1ccc(C=CC(=O)c2ccc(F)c(F)c2)cc1. The number of carbonyl (C=O) groups is 1. The molecule has 0 amide bonds. The van der Waals surface area contributed by atoms with E-state index in [-0.39, 0.29) is 5.56 Å². The third-order valence-corrected chi connectivity index (χ3v) is 2.67. The van der Waals surface area contributed by atoms with Crippen molar-refractivity contribution in [1.82, 2.24) is 0 Å². The third-order valence-electron chi connectivity index (χ3n) is 2.67. The van der Waals surface area contributed by atoms with E-state index in [1.165, 1.54) is 12.1 Å². The number of carbonyl (C=O) groups excluding carboxylic acids is 1. The summed E-state index contributed by atoms with van der Waals surface area (Å²) in [7, 11) is 0. The first-order chi connectivity index (χ1) is 9.60. The van der Waals surface area contributed by atoms with Gasteiger partial charge >= 0.3 is 0 Å². The summed E-state index contributed by atoms with van der Waals surface area (Å²) in [6.07, 6.45) is 2.82. The summed E-state index contributed by atoms with van der Waals surface area (Å²) >= 11 is 0. The molecule has 2 aromatic rings. The fraction of sp³-hybridized carbons (Fsp3) is 0. The lowest BCUT2D eigenvalue weighted by molar-refractivity contribution is 0.104. The zero-order valence-corrected chi connectivity index (χ0v) is 10.3. The van der Waals surface area contributed by atoms with Crippen LogP contribution in [0.5, 0.6) is 0 Å². The van der Waals surface area contributed by atoms with Gasteiger partial charge in [-0.15, -0.1) is 0 Å². The molecule has 4 heteroatoms. The van der Waals surface area contributed by atoms with Gasteiger partial charge in [-0.3, -0.25) is 4.79 Å². The van der Waals surface area contributed by atoms with Crippen LogP contribution in [-0.4, -0.2) is 5.78 Å². The summed E-state index contributed by atoms with van der Waals surface area (Å²) < 4.78 is 25.8. The van der Waals surface area contributed by atoms with Crippen LogP contribution in [0.4, 0.5) is 8.78 Å². The van der Waals surface area contributed by atoms with Gasteiger partial charge in [0.1, 0.15) is 0 Å². The Labute approximate surface area is 114 Å². The topological polar surface area (TPSA) is 40.9 Å². The van der Waals surface area contributed by atoms with E-state index >= 15 is 0 Å². The maximum absolute atomic E-state index is 13.0. The van der Waals surface area contributed by atoms with Gasteiger partial charge in [-0.05, 0) is 42.0 Å². The van der Waals surface area contributed by atoms with Crippen LogP contribution in [0.15, 0.2) is 48.5 Å². The largest absolute Gasteiger partial charge is 0.289 e. The summed E-state index contributed by atoms with van der Waals surface area (Å²) in [6, 6.07) is 11.6. The number of halogens is 2. The van der Waals surface area contributed by atoms with Crippen molar-refractivity contribution in [3.63, 3.8) is 0 Å². The minimum absolute atomic E-state index is 0.0776. The third kappa shape index (κ3) is 3.15. The number of benzene rings is 2. The fourth-order valence-electron chi connectivity index (χ4n) is 1.59. The Bertz CT molecular complexity index is 712. The molecule has 0 bridgehead atoms. The first-order valence-electron chi connectivity index (χ1n) is 5.78. The van der Waals surface area contributed by atoms with Crippen molar-refractivity contribution in [3.8, 4) is 6.07 Å². The highest BCUT2D eigenvalue weighted by atomic mass is 19.2. The quantitative estimate of drug-likeness (QED) is 0.629. The molecule has 0 aliphatic carbocycles. The predicted octanol–water partition coefficient (Wildman–Crippen LogP) is 3.73. The number of allylic oxidation sites excluding steroid dienone is 1. The van der Waals surface area contributed by atoms with Crippen LogP contribution in [0.1, 0.15) is 21.5 Å². The Morgan fingerprint density at radius 1 is 1.05 bits per heavy atom. The van der Waals surface area contributed by atoms with E-state index in [1.807, 2.05) is 6.07 Å². The monoisotopic (exact) mass is 269 g/mol. The molecule has 0 aliphatic rings. The van der Waals surface area contributed by atoms with Crippen molar-refractivity contribution >= 4 is 11.9 Å². The molecular weight excluding hydrogens is 260 g/mol. The highest BCUT2D eigenvalue weighted by Crippen LogP contribution is 2.11. The van der Waals surface area contributed by atoms with E-state index in [1.54, 1.807) is 30.3 Å². The second-order valence-corrected chi connectivity index (χ2v) is 4.06. The summed E-state index contributed by atoms with van der Waals surface area (Å²) in [6.45, 7) is 0. The Balaban J connectivity index is 2.15. The molecule has 0 fully saturated rings. The fourth-order valence-corrected chi connectivity index (χ4v) is 1.59. The van der Waals surface area contributed by atoms with Gasteiger partial charge in [0.15, 0.2) is 17.4 Å². The highest BCUT2D eigenvalue weighted by Gasteiger charge is 2.06. The molecule has 0 heterocycles. The van der Waals surface area contributed by atoms with Crippen LogP contribution in [0.25, 0.3) is 6.08 Å². The van der Waals surface area contributed by atoms with Gasteiger partial charge in [0.2, 0.25) is 0 Å². The molecule has 0 aromatic heterocycles. The number of nitriles is 1. The summed E-state index contributed by atoms with van der Waals surface area (Å²) in [5.74, 6) is -2.46. The first kappa shape index (κ1) is 13.6. The van der Waals surface area contributed by atoms with Gasteiger partial charge in [-0.25, -0.2) is 8.78 Å². The van der Waals surface area contributed by atoms with Crippen LogP contribution < -0.4 is 0 Å². The van der Waals surface area contributed by atoms with E-state index in [0.717, 1.165) is 17.7 Å². The van der Waals surface area contributed by atoms with E-state index in [4.69, 9.17) is 5.26 Å². The molecule has 20 heavy (non-hydrogen) atoms. The molecule has 2 aromatic carbocycles. The zero-order valence-electron chi connectivity index (χ0n) is 10.3. The summed E-state index contributed by atoms with van der Waals surface area (Å²) in [5, 5.41) is 8.66. The maximum Gasteiger partial charge on any atom is 0.185 e. The van der Waals surface area contributed by atoms with Crippen molar-refractivity contribution in [2.45, 2.75) is 0 Å². The average Bonchev–Trinajstić information content (AvgIpc) is 2.48. The lowest BCUT2D eigenvalue weighted by Crippen LogP contribution is -1.96. The van der Waals surface area contributed by atoms with E-state index in [9.17, 15) is 13.6 Å². The predicted molar refractivity (Wildman–Crippen MR) is 70.9 cm³/mol. The van der Waals surface area contributed by atoms with E-state index < -0.39 is 17.4 Å². The molecular formula is C16H9F2NO. The van der Waals surface area contributed by atoms with E-state index in [2.05, 4.69) is 0 Å². The first-order valence-corrected chi connectivity index (χ1v) is 5.78. The Morgan fingerprint density at radius 2 is 1.75 bits per heavy atom. The van der Waals surface area contributed by atoms with Gasteiger partial charge in [-0.1, -0.05) is 18.2 Å². The molecule has 0 aliphatic heterocycles. The zero-order chi connectivity index (χ0) is 14.5. The lowest BCUT2D eigenvalue weighted by Gasteiger charge is -1.97. The van der Waals surface area contributed by atoms with Gasteiger partial charge in [0, 0.05) is 5.56 Å². The summed E-state index contributed by atoms with van der Waals surface area (Å²) in [4.78, 5) is 11.8. The van der Waals surface area contributed by atoms with Gasteiger partial charge < -0.3 is 0 Å². The molecule has 0 N–H and O–H groups in total. The van der Waals surface area contributed by atoms with Gasteiger partial charge in [0.05, 0.1) is 11.6 Å². The number of rotatable bonds is 3. The van der Waals surface area contributed by atoms with Gasteiger partial charge in [-0.2, -0.15) is 5.26 Å². The maximum atomic E-state index is 13.0. The second-order valence-electron chi connectivity index (χ2n) is 4.06. The minimum atomic E-state index is -1.05. The molecule has 0 saturated heterocycles. The van der Waals surface area contributed by atoms with Gasteiger partial charge in [0.25, 0.3) is 0 Å². The van der Waals surface area contributed by atoms with Crippen molar-refractivity contribution in [2.24, 2.45) is 0 Å². The lowest BCUT2D eigenvalue weighted by atomic mass is 10.1. The smallest absolute Gasteiger partial charge is 0.185 e. The average molecular weight is 269 g/mol. The molecule has 0 radical (unpaired) electrons. The normalized spacial score (nSPS) is 10.4. The van der Waals surface area contributed by atoms with Crippen molar-refractivity contribution in [1.29, 1.82) is 5.26 Å². The van der Waals surface area contributed by atoms with Crippen molar-refractivity contribution in [2.75, 3.05) is 0 Å². The molecule has 0 unspecified atom stereocenters. The molecule has 98 valence electrons. The van der Waals surface area contributed by atoms with Crippen LogP contribution in [0.2, 0.25) is 0 Å². The van der Waals surface area contributed by atoms with Crippen LogP contribution >= 0.6 is 0 Å². The standard InChI is InChI=1S/C16H9F2NO/c17-14-7-6-13(9-15(14)18)16(20)8-5-11-1-3-12(10-19)4-2-11/h1-9H. The molecule has 0 saturated carbocycles. The van der Waals surface area contributed by atoms with Crippen molar-refractivity contribution in [3.05, 3.63) is 76.9 Å². The number of ketones is 1. The highest BCUT2D eigenvalue weighted by molar-refractivity contribution is 6.06. The number of hydrogen-bond acceptors (Lipinski definition) is 2. The van der Waals surface area contributed by atoms with Crippen molar-refractivity contribution < 1.29 is 13.6 Å². The Morgan fingerprint density at radius 3 is 2.35 bits per heavy atom. The molecule has 2 rings (SSSR count). The molecule has 0 atom stereocenters. The Hall–Kier alpha value is -2.80. The van der Waals surface area contributed by atoms with Crippen LogP contribution in [0.3, 0.4) is 0 Å².